The van der Waals surface area contributed by atoms with Crippen molar-refractivity contribution >= 4 is 11.6 Å². The highest BCUT2D eigenvalue weighted by molar-refractivity contribution is 6.02. The summed E-state index contributed by atoms with van der Waals surface area (Å²) in [5, 5.41) is 7.06. The normalized spacial score (nSPS) is 10.7. The zero-order valence-electron chi connectivity index (χ0n) is 14.8. The quantitative estimate of drug-likeness (QED) is 0.766. The van der Waals surface area contributed by atoms with Gasteiger partial charge in [0.2, 0.25) is 0 Å². The van der Waals surface area contributed by atoms with Crippen LogP contribution in [0.3, 0.4) is 0 Å². The van der Waals surface area contributed by atoms with Crippen molar-refractivity contribution in [1.29, 1.82) is 0 Å². The first-order chi connectivity index (χ1) is 12.5. The van der Waals surface area contributed by atoms with Crippen molar-refractivity contribution < 1.29 is 4.79 Å². The molecule has 132 valence electrons. The molecule has 26 heavy (non-hydrogen) atoms. The molecule has 5 nitrogen and oxygen atoms in total. The molecule has 0 bridgehead atoms. The van der Waals surface area contributed by atoms with Crippen LogP contribution >= 0.6 is 0 Å². The van der Waals surface area contributed by atoms with Crippen molar-refractivity contribution in [2.24, 2.45) is 0 Å². The molecule has 1 heterocycles. The van der Waals surface area contributed by atoms with Gasteiger partial charge in [-0.25, -0.2) is 4.68 Å². The summed E-state index contributed by atoms with van der Waals surface area (Å²) in [7, 11) is 0. The maximum Gasteiger partial charge on any atom is 0.276 e. The summed E-state index contributed by atoms with van der Waals surface area (Å²) in [4.78, 5) is 24.6. The molecule has 0 aliphatic rings. The number of hydrogen-bond acceptors (Lipinski definition) is 3. The molecule has 3 aromatic rings. The van der Waals surface area contributed by atoms with E-state index in [9.17, 15) is 9.59 Å². The fraction of sp³-hybridized carbons (Fsp3) is 0.190. The minimum Gasteiger partial charge on any atom is -0.321 e. The minimum absolute atomic E-state index is 0.204. The number of nitrogens with zero attached hydrogens (tertiary/aromatic N) is 2. The molecular formula is C21H21N3O2. The van der Waals surface area contributed by atoms with Gasteiger partial charge in [0.1, 0.15) is 5.69 Å². The Hall–Kier alpha value is -3.21. The first-order valence-electron chi connectivity index (χ1n) is 8.56. The number of carbonyl (C=O) groups is 1. The zero-order valence-corrected chi connectivity index (χ0v) is 14.8. The Morgan fingerprint density at radius 2 is 1.81 bits per heavy atom. The molecule has 0 radical (unpaired) electrons. The predicted molar refractivity (Wildman–Crippen MR) is 103 cm³/mol. The Balaban J connectivity index is 1.81. The lowest BCUT2D eigenvalue weighted by Gasteiger charge is -2.10. The van der Waals surface area contributed by atoms with Crippen molar-refractivity contribution in [3.8, 4) is 0 Å². The van der Waals surface area contributed by atoms with E-state index in [4.69, 9.17) is 0 Å². The number of amides is 1. The van der Waals surface area contributed by atoms with E-state index in [0.717, 1.165) is 11.1 Å². The van der Waals surface area contributed by atoms with E-state index in [0.29, 0.717) is 18.2 Å². The second-order valence-electron chi connectivity index (χ2n) is 6.43. The van der Waals surface area contributed by atoms with E-state index in [1.165, 1.54) is 16.8 Å². The van der Waals surface area contributed by atoms with Gasteiger partial charge in [-0.05, 0) is 35.2 Å². The van der Waals surface area contributed by atoms with Crippen LogP contribution in [0.5, 0.6) is 0 Å². The fourth-order valence-electron chi connectivity index (χ4n) is 2.61. The predicted octanol–water partition coefficient (Wildman–Crippen LogP) is 3.67. The fourth-order valence-corrected chi connectivity index (χ4v) is 2.61. The third kappa shape index (κ3) is 4.25. The lowest BCUT2D eigenvalue weighted by Crippen LogP contribution is -2.26. The van der Waals surface area contributed by atoms with Gasteiger partial charge in [-0.2, -0.15) is 5.10 Å². The summed E-state index contributed by atoms with van der Waals surface area (Å²) >= 11 is 0. The smallest absolute Gasteiger partial charge is 0.276 e. The molecule has 0 aliphatic heterocycles. The van der Waals surface area contributed by atoms with E-state index < -0.39 is 0 Å². The van der Waals surface area contributed by atoms with Gasteiger partial charge >= 0.3 is 0 Å². The number of nitrogens with one attached hydrogen (secondary N) is 1. The summed E-state index contributed by atoms with van der Waals surface area (Å²) in [6.45, 7) is 4.52. The molecule has 1 aromatic heterocycles. The molecule has 0 atom stereocenters. The Morgan fingerprint density at radius 3 is 2.54 bits per heavy atom. The van der Waals surface area contributed by atoms with Crippen molar-refractivity contribution in [3.05, 3.63) is 93.9 Å². The summed E-state index contributed by atoms with van der Waals surface area (Å²) < 4.78 is 1.30. The van der Waals surface area contributed by atoms with Gasteiger partial charge in [-0.3, -0.25) is 9.59 Å². The highest BCUT2D eigenvalue weighted by Gasteiger charge is 2.11. The van der Waals surface area contributed by atoms with Crippen LogP contribution in [0, 0.1) is 0 Å². The molecule has 5 heteroatoms. The third-order valence-electron chi connectivity index (χ3n) is 4.09. The first-order valence-corrected chi connectivity index (χ1v) is 8.56. The van der Waals surface area contributed by atoms with Crippen LogP contribution in [0.1, 0.15) is 41.4 Å². The first kappa shape index (κ1) is 17.6. The Morgan fingerprint density at radius 1 is 1.04 bits per heavy atom. The van der Waals surface area contributed by atoms with Crippen molar-refractivity contribution in [1.82, 2.24) is 9.78 Å². The second kappa shape index (κ2) is 7.78. The van der Waals surface area contributed by atoms with E-state index >= 15 is 0 Å². The van der Waals surface area contributed by atoms with Gasteiger partial charge in [0.25, 0.3) is 11.5 Å². The highest BCUT2D eigenvalue weighted by atomic mass is 16.2. The van der Waals surface area contributed by atoms with E-state index in [1.807, 2.05) is 54.6 Å². The molecule has 3 rings (SSSR count). The van der Waals surface area contributed by atoms with Gasteiger partial charge in [0.15, 0.2) is 0 Å². The summed E-state index contributed by atoms with van der Waals surface area (Å²) in [6.07, 6.45) is 0. The zero-order chi connectivity index (χ0) is 18.5. The van der Waals surface area contributed by atoms with Gasteiger partial charge in [0, 0.05) is 11.8 Å². The number of anilines is 1. The van der Waals surface area contributed by atoms with Crippen molar-refractivity contribution in [2.75, 3.05) is 5.32 Å². The summed E-state index contributed by atoms with van der Waals surface area (Å²) in [5.74, 6) is 0.0328. The Labute approximate surface area is 152 Å². The lowest BCUT2D eigenvalue weighted by atomic mass is 10.0. The second-order valence-corrected chi connectivity index (χ2v) is 6.43. The van der Waals surface area contributed by atoms with Crippen LogP contribution in [0.15, 0.2) is 71.5 Å². The largest absolute Gasteiger partial charge is 0.321 e. The van der Waals surface area contributed by atoms with Gasteiger partial charge in [0.05, 0.1) is 6.54 Å². The molecule has 0 saturated heterocycles. The SMILES string of the molecule is CC(C)c1cccc(NC(=O)c2ccc(=O)n(Cc3ccccc3)n2)c1. The topological polar surface area (TPSA) is 64.0 Å². The Bertz CT molecular complexity index is 962. The van der Waals surface area contributed by atoms with Crippen LogP contribution < -0.4 is 10.9 Å². The maximum absolute atomic E-state index is 12.5. The lowest BCUT2D eigenvalue weighted by molar-refractivity contribution is 0.102. The highest BCUT2D eigenvalue weighted by Crippen LogP contribution is 2.18. The average molecular weight is 347 g/mol. The minimum atomic E-state index is -0.340. The molecular weight excluding hydrogens is 326 g/mol. The molecule has 0 fully saturated rings. The van der Waals surface area contributed by atoms with Gasteiger partial charge in [-0.15, -0.1) is 0 Å². The van der Waals surface area contributed by atoms with Gasteiger partial charge in [-0.1, -0.05) is 56.3 Å². The maximum atomic E-state index is 12.5. The number of carbonyl (C=O) groups excluding carboxylic acids is 1. The molecule has 0 unspecified atom stereocenters. The van der Waals surface area contributed by atoms with Gasteiger partial charge < -0.3 is 5.32 Å². The monoisotopic (exact) mass is 347 g/mol. The summed E-state index contributed by atoms with van der Waals surface area (Å²) in [6, 6.07) is 20.1. The van der Waals surface area contributed by atoms with Crippen molar-refractivity contribution in [2.45, 2.75) is 26.3 Å². The van der Waals surface area contributed by atoms with Crippen LogP contribution in [0.4, 0.5) is 5.69 Å². The number of rotatable bonds is 5. The van der Waals surface area contributed by atoms with Crippen LogP contribution in [0.2, 0.25) is 0 Å². The number of hydrogen-bond donors (Lipinski definition) is 1. The van der Waals surface area contributed by atoms with Crippen LogP contribution in [0.25, 0.3) is 0 Å². The van der Waals surface area contributed by atoms with Crippen LogP contribution in [-0.4, -0.2) is 15.7 Å². The van der Waals surface area contributed by atoms with Crippen LogP contribution in [-0.2, 0) is 6.54 Å². The standard InChI is InChI=1S/C21H21N3O2/c1-15(2)17-9-6-10-18(13-17)22-21(26)19-11-12-20(25)24(23-19)14-16-7-4-3-5-8-16/h3-13,15H,14H2,1-2H3,(H,22,26). The molecule has 1 N–H and O–H groups in total. The van der Waals surface area contributed by atoms with E-state index in [1.54, 1.807) is 0 Å². The van der Waals surface area contributed by atoms with Crippen molar-refractivity contribution in [3.63, 3.8) is 0 Å². The molecule has 2 aromatic carbocycles. The number of aromatic nitrogens is 2. The van der Waals surface area contributed by atoms with E-state index in [-0.39, 0.29) is 17.2 Å². The molecule has 0 saturated carbocycles. The molecule has 1 amide bonds. The number of benzene rings is 2. The van der Waals surface area contributed by atoms with E-state index in [2.05, 4.69) is 24.3 Å². The molecule has 0 spiro atoms. The average Bonchev–Trinajstić information content (AvgIpc) is 2.64. The summed E-state index contributed by atoms with van der Waals surface area (Å²) in [5.41, 5.74) is 2.76. The third-order valence-corrected chi connectivity index (χ3v) is 4.09. The Kier molecular flexibility index (Phi) is 5.27. The molecule has 0 aliphatic carbocycles.